The summed E-state index contributed by atoms with van der Waals surface area (Å²) in [6, 6.07) is -0.578. The summed E-state index contributed by atoms with van der Waals surface area (Å²) < 4.78 is 0. The Kier molecular flexibility index (Phi) is 2.36. The summed E-state index contributed by atoms with van der Waals surface area (Å²) in [5, 5.41) is 10.2. The van der Waals surface area contributed by atoms with Gasteiger partial charge in [0, 0.05) is 17.3 Å². The molecule has 2 atom stereocenters. The lowest BCUT2D eigenvalue weighted by molar-refractivity contribution is -0.511. The van der Waals surface area contributed by atoms with Crippen LogP contribution in [-0.4, -0.2) is 17.3 Å². The molecule has 0 saturated heterocycles. The molecular formula is C7H9NO3. The third kappa shape index (κ3) is 1.86. The lowest BCUT2D eigenvalue weighted by atomic mass is 9.94. The van der Waals surface area contributed by atoms with Crippen molar-refractivity contribution in [2.75, 3.05) is 0 Å². The van der Waals surface area contributed by atoms with Crippen molar-refractivity contribution in [2.45, 2.75) is 18.9 Å². The normalized spacial score (nSPS) is 29.8. The lowest BCUT2D eigenvalue weighted by Gasteiger charge is -2.12. The van der Waals surface area contributed by atoms with Crippen LogP contribution in [0.5, 0.6) is 0 Å². The van der Waals surface area contributed by atoms with Gasteiger partial charge in [-0.15, -0.1) is 0 Å². The fraction of sp³-hybridized carbons (Fsp3) is 0.571. The van der Waals surface area contributed by atoms with Gasteiger partial charge in [0.2, 0.25) is 6.04 Å². The van der Waals surface area contributed by atoms with Crippen LogP contribution in [0.4, 0.5) is 0 Å². The molecule has 0 radical (unpaired) electrons. The van der Waals surface area contributed by atoms with E-state index in [9.17, 15) is 14.9 Å². The second-order valence-electron chi connectivity index (χ2n) is 2.61. The lowest BCUT2D eigenvalue weighted by Crippen LogP contribution is -2.21. The van der Waals surface area contributed by atoms with E-state index in [-0.39, 0.29) is 10.8 Å². The van der Waals surface area contributed by atoms with E-state index in [0.717, 1.165) is 6.29 Å². The molecule has 60 valence electrons. The molecule has 1 rings (SSSR count). The van der Waals surface area contributed by atoms with Gasteiger partial charge in [-0.25, -0.2) is 0 Å². The van der Waals surface area contributed by atoms with E-state index in [0.29, 0.717) is 12.8 Å². The molecule has 2 unspecified atom stereocenters. The molecule has 0 N–H and O–H groups in total. The topological polar surface area (TPSA) is 60.2 Å². The number of hydrogen-bond donors (Lipinski definition) is 0. The van der Waals surface area contributed by atoms with Gasteiger partial charge in [0.15, 0.2) is 0 Å². The number of carbonyl (C=O) groups excluding carboxylic acids is 1. The molecule has 0 amide bonds. The number of aldehydes is 1. The summed E-state index contributed by atoms with van der Waals surface area (Å²) in [4.78, 5) is 20.1. The van der Waals surface area contributed by atoms with E-state index >= 15 is 0 Å². The van der Waals surface area contributed by atoms with Crippen LogP contribution in [-0.2, 0) is 4.79 Å². The highest BCUT2D eigenvalue weighted by atomic mass is 16.6. The van der Waals surface area contributed by atoms with Crippen LogP contribution in [0, 0.1) is 16.0 Å². The Morgan fingerprint density at radius 3 is 2.55 bits per heavy atom. The Balaban J connectivity index is 2.55. The SMILES string of the molecule is O=CC1C=CC([N+](=O)[O-])CC1. The average Bonchev–Trinajstić information content (AvgIpc) is 2.05. The number of nitrogens with zero attached hydrogens (tertiary/aromatic N) is 1. The Bertz CT molecular complexity index is 200. The first-order valence-electron chi connectivity index (χ1n) is 3.51. The second-order valence-corrected chi connectivity index (χ2v) is 2.61. The quantitative estimate of drug-likeness (QED) is 0.256. The van der Waals surface area contributed by atoms with Crippen LogP contribution in [0.25, 0.3) is 0 Å². The maximum atomic E-state index is 10.2. The average molecular weight is 155 g/mol. The highest BCUT2D eigenvalue weighted by Crippen LogP contribution is 2.16. The molecule has 0 aliphatic heterocycles. The number of carbonyl (C=O) groups is 1. The van der Waals surface area contributed by atoms with Crippen LogP contribution in [0.15, 0.2) is 12.2 Å². The number of allylic oxidation sites excluding steroid dienone is 1. The summed E-state index contributed by atoms with van der Waals surface area (Å²) in [7, 11) is 0. The van der Waals surface area contributed by atoms with Crippen molar-refractivity contribution in [1.82, 2.24) is 0 Å². The van der Waals surface area contributed by atoms with Gasteiger partial charge in [0.1, 0.15) is 6.29 Å². The van der Waals surface area contributed by atoms with Crippen molar-refractivity contribution in [2.24, 2.45) is 5.92 Å². The van der Waals surface area contributed by atoms with Crippen LogP contribution < -0.4 is 0 Å². The Morgan fingerprint density at radius 1 is 1.45 bits per heavy atom. The van der Waals surface area contributed by atoms with Gasteiger partial charge in [0.25, 0.3) is 0 Å². The second kappa shape index (κ2) is 3.27. The molecule has 4 heteroatoms. The van der Waals surface area contributed by atoms with Crippen molar-refractivity contribution >= 4 is 6.29 Å². The van der Waals surface area contributed by atoms with Gasteiger partial charge < -0.3 is 4.79 Å². The number of hydrogen-bond acceptors (Lipinski definition) is 3. The van der Waals surface area contributed by atoms with Crippen molar-refractivity contribution in [3.8, 4) is 0 Å². The van der Waals surface area contributed by atoms with Crippen LogP contribution in [0.1, 0.15) is 12.8 Å². The molecule has 0 saturated carbocycles. The van der Waals surface area contributed by atoms with Crippen LogP contribution in [0.3, 0.4) is 0 Å². The highest BCUT2D eigenvalue weighted by molar-refractivity contribution is 5.56. The fourth-order valence-electron chi connectivity index (χ4n) is 1.12. The smallest absolute Gasteiger partial charge is 0.231 e. The van der Waals surface area contributed by atoms with Gasteiger partial charge in [-0.05, 0) is 12.5 Å². The first kappa shape index (κ1) is 7.91. The molecule has 4 nitrogen and oxygen atoms in total. The summed E-state index contributed by atoms with van der Waals surface area (Å²) in [6.07, 6.45) is 5.03. The Morgan fingerprint density at radius 2 is 2.18 bits per heavy atom. The molecule has 0 fully saturated rings. The first-order chi connectivity index (χ1) is 5.24. The first-order valence-corrected chi connectivity index (χ1v) is 3.51. The molecule has 1 aliphatic carbocycles. The zero-order valence-corrected chi connectivity index (χ0v) is 5.97. The predicted octanol–water partition coefficient (Wildman–Crippen LogP) is 0.797. The van der Waals surface area contributed by atoms with E-state index in [2.05, 4.69) is 0 Å². The van der Waals surface area contributed by atoms with E-state index < -0.39 is 6.04 Å². The maximum Gasteiger partial charge on any atom is 0.231 e. The van der Waals surface area contributed by atoms with Gasteiger partial charge in [-0.2, -0.15) is 0 Å². The Hall–Kier alpha value is -1.19. The van der Waals surface area contributed by atoms with E-state index in [1.165, 1.54) is 6.08 Å². The summed E-state index contributed by atoms with van der Waals surface area (Å²) >= 11 is 0. The molecule has 0 spiro atoms. The van der Waals surface area contributed by atoms with Gasteiger partial charge >= 0.3 is 0 Å². The zero-order chi connectivity index (χ0) is 8.27. The van der Waals surface area contributed by atoms with Gasteiger partial charge in [-0.3, -0.25) is 10.1 Å². The molecule has 0 aromatic heterocycles. The van der Waals surface area contributed by atoms with Crippen molar-refractivity contribution < 1.29 is 9.72 Å². The van der Waals surface area contributed by atoms with Gasteiger partial charge in [-0.1, -0.05) is 6.08 Å². The summed E-state index contributed by atoms with van der Waals surface area (Å²) in [5.41, 5.74) is 0. The van der Waals surface area contributed by atoms with Gasteiger partial charge in [0.05, 0.1) is 0 Å². The number of nitro groups is 1. The zero-order valence-electron chi connectivity index (χ0n) is 5.97. The van der Waals surface area contributed by atoms with Crippen LogP contribution >= 0.6 is 0 Å². The molecule has 0 aromatic rings. The largest absolute Gasteiger partial charge is 0.303 e. The predicted molar refractivity (Wildman–Crippen MR) is 38.7 cm³/mol. The van der Waals surface area contributed by atoms with Crippen LogP contribution in [0.2, 0.25) is 0 Å². The maximum absolute atomic E-state index is 10.2. The summed E-state index contributed by atoms with van der Waals surface area (Å²) in [5.74, 6) is -0.105. The third-order valence-electron chi connectivity index (χ3n) is 1.82. The number of rotatable bonds is 2. The standard InChI is InChI=1S/C7H9NO3/c9-5-6-1-3-7(4-2-6)8(10)11/h1,3,5-7H,2,4H2. The van der Waals surface area contributed by atoms with Crippen molar-refractivity contribution in [3.63, 3.8) is 0 Å². The molecule has 0 aromatic carbocycles. The Labute approximate surface area is 64.0 Å². The third-order valence-corrected chi connectivity index (χ3v) is 1.82. The minimum atomic E-state index is -0.578. The monoisotopic (exact) mass is 155 g/mol. The highest BCUT2D eigenvalue weighted by Gasteiger charge is 2.22. The van der Waals surface area contributed by atoms with Crippen molar-refractivity contribution in [3.05, 3.63) is 22.3 Å². The molecule has 1 aliphatic rings. The minimum Gasteiger partial charge on any atom is -0.303 e. The molecular weight excluding hydrogens is 146 g/mol. The fourth-order valence-corrected chi connectivity index (χ4v) is 1.12. The van der Waals surface area contributed by atoms with Crippen molar-refractivity contribution in [1.29, 1.82) is 0 Å². The molecule has 11 heavy (non-hydrogen) atoms. The molecule has 0 bridgehead atoms. The minimum absolute atomic E-state index is 0.105. The molecule has 0 heterocycles. The van der Waals surface area contributed by atoms with E-state index in [1.54, 1.807) is 6.08 Å². The van der Waals surface area contributed by atoms with E-state index in [1.807, 2.05) is 0 Å². The summed E-state index contributed by atoms with van der Waals surface area (Å²) in [6.45, 7) is 0. The van der Waals surface area contributed by atoms with E-state index in [4.69, 9.17) is 0 Å².